The van der Waals surface area contributed by atoms with Gasteiger partial charge in [-0.25, -0.2) is 9.97 Å². The zero-order valence-corrected chi connectivity index (χ0v) is 24.6. The first-order chi connectivity index (χ1) is 22.7. The highest BCUT2D eigenvalue weighted by Gasteiger charge is 2.18. The summed E-state index contributed by atoms with van der Waals surface area (Å²) in [5, 5.41) is 25.9. The lowest BCUT2D eigenvalue weighted by Crippen LogP contribution is -1.92. The molecule has 2 aromatic heterocycles. The lowest BCUT2D eigenvalue weighted by molar-refractivity contribution is 1.26. The molecule has 0 saturated carbocycles. The quantitative estimate of drug-likeness (QED) is 0.193. The highest BCUT2D eigenvalue weighted by Crippen LogP contribution is 2.46. The zero-order valence-electron chi connectivity index (χ0n) is 24.6. The summed E-state index contributed by atoms with van der Waals surface area (Å²) in [5.41, 5.74) is 9.30. The average Bonchev–Trinajstić information content (AvgIpc) is 3.13. The summed E-state index contributed by atoms with van der Waals surface area (Å²) >= 11 is 0. The summed E-state index contributed by atoms with van der Waals surface area (Å²) < 4.78 is 0. The molecule has 2 heterocycles. The molecule has 46 heavy (non-hydrogen) atoms. The molecule has 0 atom stereocenters. The molecular formula is C42H24N4. The Labute approximate surface area is 266 Å². The van der Waals surface area contributed by atoms with Gasteiger partial charge >= 0.3 is 0 Å². The molecule has 8 aromatic rings. The average molecular weight is 585 g/mol. The maximum Gasteiger partial charge on any atom is 0.141 e. The van der Waals surface area contributed by atoms with Gasteiger partial charge < -0.3 is 0 Å². The number of nitrogens with zero attached hydrogens (tertiary/aromatic N) is 4. The van der Waals surface area contributed by atoms with Gasteiger partial charge in [-0.3, -0.25) is 0 Å². The van der Waals surface area contributed by atoms with E-state index in [4.69, 9.17) is 0 Å². The topological polar surface area (TPSA) is 73.4 Å². The van der Waals surface area contributed by atoms with E-state index in [0.717, 1.165) is 54.9 Å². The Morgan fingerprint density at radius 3 is 1.24 bits per heavy atom. The van der Waals surface area contributed by atoms with Crippen molar-refractivity contribution in [2.24, 2.45) is 0 Å². The van der Waals surface area contributed by atoms with Gasteiger partial charge in [0.1, 0.15) is 23.5 Å². The monoisotopic (exact) mass is 584 g/mol. The fourth-order valence-corrected chi connectivity index (χ4v) is 6.54. The third-order valence-electron chi connectivity index (χ3n) is 8.61. The van der Waals surface area contributed by atoms with E-state index in [1.165, 1.54) is 21.9 Å². The molecule has 0 radical (unpaired) electrons. The smallest absolute Gasteiger partial charge is 0.141 e. The molecule has 0 aliphatic rings. The minimum Gasteiger partial charge on any atom is -0.246 e. The highest BCUT2D eigenvalue weighted by atomic mass is 14.7. The van der Waals surface area contributed by atoms with E-state index in [1.54, 1.807) is 12.4 Å². The van der Waals surface area contributed by atoms with Crippen LogP contribution in [-0.4, -0.2) is 9.97 Å². The van der Waals surface area contributed by atoms with Gasteiger partial charge in [0.25, 0.3) is 0 Å². The fourth-order valence-electron chi connectivity index (χ4n) is 6.54. The number of nitriles is 2. The number of hydrogen-bond acceptors (Lipinski definition) is 4. The molecule has 0 spiro atoms. The Morgan fingerprint density at radius 2 is 0.783 bits per heavy atom. The first-order valence-corrected chi connectivity index (χ1v) is 15.0. The first kappa shape index (κ1) is 27.0. The molecule has 0 unspecified atom stereocenters. The number of aromatic nitrogens is 2. The minimum absolute atomic E-state index is 0.396. The van der Waals surface area contributed by atoms with E-state index in [-0.39, 0.29) is 0 Å². The normalized spacial score (nSPS) is 11.0. The molecule has 0 fully saturated rings. The van der Waals surface area contributed by atoms with Crippen molar-refractivity contribution >= 4 is 32.3 Å². The lowest BCUT2D eigenvalue weighted by atomic mass is 9.84. The lowest BCUT2D eigenvalue weighted by Gasteiger charge is -2.19. The van der Waals surface area contributed by atoms with Crippen molar-refractivity contribution in [2.75, 3.05) is 0 Å². The van der Waals surface area contributed by atoms with Gasteiger partial charge in [-0.05, 0) is 125 Å². The zero-order chi connectivity index (χ0) is 31.0. The van der Waals surface area contributed by atoms with Crippen LogP contribution in [0.2, 0.25) is 0 Å². The second-order valence-corrected chi connectivity index (χ2v) is 11.3. The minimum atomic E-state index is 0.396. The van der Waals surface area contributed by atoms with E-state index in [0.29, 0.717) is 11.4 Å². The molecular weight excluding hydrogens is 560 g/mol. The van der Waals surface area contributed by atoms with Crippen LogP contribution in [0.4, 0.5) is 0 Å². The van der Waals surface area contributed by atoms with E-state index >= 15 is 0 Å². The summed E-state index contributed by atoms with van der Waals surface area (Å²) in [4.78, 5) is 8.34. The van der Waals surface area contributed by atoms with Crippen LogP contribution < -0.4 is 0 Å². The largest absolute Gasteiger partial charge is 0.246 e. The molecule has 0 amide bonds. The molecule has 4 nitrogen and oxygen atoms in total. The van der Waals surface area contributed by atoms with Crippen molar-refractivity contribution < 1.29 is 0 Å². The maximum absolute atomic E-state index is 9.46. The third kappa shape index (κ3) is 4.63. The van der Waals surface area contributed by atoms with Crippen LogP contribution in [-0.2, 0) is 0 Å². The van der Waals surface area contributed by atoms with Crippen LogP contribution in [0.5, 0.6) is 0 Å². The molecule has 8 rings (SSSR count). The molecule has 0 N–H and O–H groups in total. The summed E-state index contributed by atoms with van der Waals surface area (Å²) in [7, 11) is 0. The van der Waals surface area contributed by atoms with Crippen molar-refractivity contribution in [1.82, 2.24) is 9.97 Å². The van der Waals surface area contributed by atoms with E-state index in [2.05, 4.69) is 131 Å². The Hall–Kier alpha value is -6.62. The maximum atomic E-state index is 9.46. The van der Waals surface area contributed by atoms with Crippen LogP contribution in [0.25, 0.3) is 76.8 Å². The van der Waals surface area contributed by atoms with Gasteiger partial charge in [0.2, 0.25) is 0 Å². The number of hydrogen-bond donors (Lipinski definition) is 0. The molecule has 0 aliphatic heterocycles. The van der Waals surface area contributed by atoms with Gasteiger partial charge in [0.05, 0.1) is 0 Å². The summed E-state index contributed by atoms with van der Waals surface area (Å²) in [5.74, 6) is 0. The molecule has 0 aliphatic carbocycles. The number of pyridine rings is 2. The van der Waals surface area contributed by atoms with Crippen molar-refractivity contribution in [3.8, 4) is 56.6 Å². The number of rotatable bonds is 4. The van der Waals surface area contributed by atoms with Crippen LogP contribution in [0.3, 0.4) is 0 Å². The van der Waals surface area contributed by atoms with Gasteiger partial charge in [-0.15, -0.1) is 0 Å². The Bertz CT molecular complexity index is 2390. The van der Waals surface area contributed by atoms with Crippen molar-refractivity contribution in [1.29, 1.82) is 10.5 Å². The number of benzene rings is 6. The van der Waals surface area contributed by atoms with Crippen LogP contribution in [0.1, 0.15) is 11.4 Å². The van der Waals surface area contributed by atoms with Crippen molar-refractivity contribution in [3.63, 3.8) is 0 Å². The Balaban J connectivity index is 1.44. The van der Waals surface area contributed by atoms with E-state index < -0.39 is 0 Å². The first-order valence-electron chi connectivity index (χ1n) is 15.0. The summed E-state index contributed by atoms with van der Waals surface area (Å²) in [6, 6.07) is 50.7. The molecule has 212 valence electrons. The van der Waals surface area contributed by atoms with Gasteiger partial charge in [-0.1, -0.05) is 84.9 Å². The van der Waals surface area contributed by atoms with Crippen LogP contribution in [0, 0.1) is 22.7 Å². The fraction of sp³-hybridized carbons (Fsp3) is 0. The van der Waals surface area contributed by atoms with Crippen molar-refractivity contribution in [2.45, 2.75) is 0 Å². The Kier molecular flexibility index (Phi) is 6.53. The molecule has 6 aromatic carbocycles. The van der Waals surface area contributed by atoms with E-state index in [1.807, 2.05) is 24.3 Å². The second kappa shape index (κ2) is 11.1. The van der Waals surface area contributed by atoms with Gasteiger partial charge in [0.15, 0.2) is 0 Å². The third-order valence-corrected chi connectivity index (χ3v) is 8.61. The standard InChI is InChI=1S/C42H24N4/c43-25-35-21-31(15-17-45-35)27-9-5-11-33(19-27)41-37-13-3-4-14-38(37)42(40-24-30-8-2-1-7-29(30)23-39(40)41)34-12-6-10-28(20-34)32-16-18-46-36(22-32)26-44/h1-24H. The molecule has 4 heteroatoms. The second-order valence-electron chi connectivity index (χ2n) is 11.3. The summed E-state index contributed by atoms with van der Waals surface area (Å²) in [6.45, 7) is 0. The van der Waals surface area contributed by atoms with Gasteiger partial charge in [0, 0.05) is 12.4 Å². The SMILES string of the molecule is N#Cc1cc(-c2cccc(-c3c4ccccc4c(-c4cccc(-c5ccnc(C#N)c5)c4)c4cc5ccccc5cc34)c2)ccn1. The predicted molar refractivity (Wildman–Crippen MR) is 186 cm³/mol. The predicted octanol–water partition coefficient (Wildman–Crippen LogP) is 10.3. The molecule has 0 bridgehead atoms. The molecule has 0 saturated heterocycles. The summed E-state index contributed by atoms with van der Waals surface area (Å²) in [6.07, 6.45) is 3.38. The van der Waals surface area contributed by atoms with Gasteiger partial charge in [-0.2, -0.15) is 10.5 Å². The number of fused-ring (bicyclic) bond motifs is 3. The van der Waals surface area contributed by atoms with Crippen LogP contribution in [0.15, 0.2) is 146 Å². The van der Waals surface area contributed by atoms with E-state index in [9.17, 15) is 10.5 Å². The van der Waals surface area contributed by atoms with Crippen molar-refractivity contribution in [3.05, 3.63) is 157 Å². The highest BCUT2D eigenvalue weighted by molar-refractivity contribution is 6.23. The Morgan fingerprint density at radius 1 is 0.370 bits per heavy atom. The van der Waals surface area contributed by atoms with Crippen LogP contribution >= 0.6 is 0 Å².